The van der Waals surface area contributed by atoms with Crippen LogP contribution in [0.1, 0.15) is 30.4 Å². The van der Waals surface area contributed by atoms with Gasteiger partial charge in [0.2, 0.25) is 0 Å². The fourth-order valence-electron chi connectivity index (χ4n) is 4.74. The molecule has 0 unspecified atom stereocenters. The predicted octanol–water partition coefficient (Wildman–Crippen LogP) is 2.80. The second-order valence-corrected chi connectivity index (χ2v) is 8.06. The quantitative estimate of drug-likeness (QED) is 0.827. The van der Waals surface area contributed by atoms with Gasteiger partial charge in [-0.3, -0.25) is 4.90 Å². The SMILES string of the molecule is Cc1cccc(N2CCC(N3CC[C@]4(CN(C)C(=O)O4)C3)CC2)c1C. The lowest BCUT2D eigenvalue weighted by Crippen LogP contribution is -2.46. The number of rotatable bonds is 2. The van der Waals surface area contributed by atoms with Gasteiger partial charge in [-0.05, 0) is 43.9 Å². The van der Waals surface area contributed by atoms with Crippen LogP contribution in [-0.4, -0.2) is 67.3 Å². The van der Waals surface area contributed by atoms with E-state index in [9.17, 15) is 4.79 Å². The van der Waals surface area contributed by atoms with E-state index in [2.05, 4.69) is 41.8 Å². The van der Waals surface area contributed by atoms with Crippen LogP contribution in [0.2, 0.25) is 0 Å². The molecule has 3 saturated heterocycles. The summed E-state index contributed by atoms with van der Waals surface area (Å²) in [4.78, 5) is 18.6. The summed E-state index contributed by atoms with van der Waals surface area (Å²) < 4.78 is 5.70. The van der Waals surface area contributed by atoms with E-state index in [1.165, 1.54) is 29.7 Å². The number of likely N-dealkylation sites (N-methyl/N-ethyl adjacent to an activating group) is 1. The summed E-state index contributed by atoms with van der Waals surface area (Å²) in [5, 5.41) is 0. The maximum absolute atomic E-state index is 11.8. The number of hydrogen-bond donors (Lipinski definition) is 0. The molecule has 5 nitrogen and oxygen atoms in total. The van der Waals surface area contributed by atoms with Gasteiger partial charge in [-0.25, -0.2) is 4.79 Å². The van der Waals surface area contributed by atoms with E-state index in [-0.39, 0.29) is 11.7 Å². The Morgan fingerprint density at radius 3 is 2.56 bits per heavy atom. The summed E-state index contributed by atoms with van der Waals surface area (Å²) in [6.45, 7) is 9.33. The van der Waals surface area contributed by atoms with E-state index in [0.717, 1.165) is 39.1 Å². The summed E-state index contributed by atoms with van der Waals surface area (Å²) in [5.41, 5.74) is 3.91. The van der Waals surface area contributed by atoms with E-state index < -0.39 is 0 Å². The Bertz CT molecular complexity index is 669. The zero-order valence-corrected chi connectivity index (χ0v) is 15.6. The van der Waals surface area contributed by atoms with Crippen LogP contribution in [0, 0.1) is 13.8 Å². The first kappa shape index (κ1) is 16.7. The number of aryl methyl sites for hydroxylation is 1. The van der Waals surface area contributed by atoms with Crippen LogP contribution in [0.25, 0.3) is 0 Å². The molecule has 25 heavy (non-hydrogen) atoms. The topological polar surface area (TPSA) is 36.0 Å². The Morgan fingerprint density at radius 2 is 1.88 bits per heavy atom. The van der Waals surface area contributed by atoms with E-state index >= 15 is 0 Å². The molecule has 0 saturated carbocycles. The van der Waals surface area contributed by atoms with E-state index in [1.807, 2.05) is 7.05 Å². The second-order valence-electron chi connectivity index (χ2n) is 8.06. The first-order valence-corrected chi connectivity index (χ1v) is 9.47. The van der Waals surface area contributed by atoms with Crippen molar-refractivity contribution in [2.45, 2.75) is 44.8 Å². The number of hydrogen-bond acceptors (Lipinski definition) is 4. The number of benzene rings is 1. The number of anilines is 1. The lowest BCUT2D eigenvalue weighted by atomic mass is 10.00. The zero-order valence-electron chi connectivity index (χ0n) is 15.6. The molecule has 1 amide bonds. The van der Waals surface area contributed by atoms with Crippen LogP contribution in [-0.2, 0) is 4.74 Å². The summed E-state index contributed by atoms with van der Waals surface area (Å²) >= 11 is 0. The Balaban J connectivity index is 1.37. The molecular formula is C20H29N3O2. The van der Waals surface area contributed by atoms with Crippen molar-refractivity contribution < 1.29 is 9.53 Å². The Kier molecular flexibility index (Phi) is 4.14. The van der Waals surface area contributed by atoms with Gasteiger partial charge in [0.25, 0.3) is 0 Å². The van der Waals surface area contributed by atoms with Crippen molar-refractivity contribution in [3.8, 4) is 0 Å². The van der Waals surface area contributed by atoms with Crippen LogP contribution >= 0.6 is 0 Å². The van der Waals surface area contributed by atoms with Crippen molar-refractivity contribution in [1.82, 2.24) is 9.80 Å². The number of ether oxygens (including phenoxy) is 1. The molecule has 0 radical (unpaired) electrons. The molecule has 3 aliphatic heterocycles. The molecule has 0 N–H and O–H groups in total. The molecule has 3 fully saturated rings. The Labute approximate surface area is 150 Å². The van der Waals surface area contributed by atoms with Gasteiger partial charge in [-0.15, -0.1) is 0 Å². The third-order valence-electron chi connectivity index (χ3n) is 6.38. The molecule has 136 valence electrons. The molecule has 1 aromatic carbocycles. The van der Waals surface area contributed by atoms with Crippen molar-refractivity contribution in [2.75, 3.05) is 44.7 Å². The predicted molar refractivity (Wildman–Crippen MR) is 99.2 cm³/mol. The van der Waals surface area contributed by atoms with Gasteiger partial charge >= 0.3 is 6.09 Å². The molecule has 1 atom stereocenters. The van der Waals surface area contributed by atoms with Gasteiger partial charge in [0.1, 0.15) is 5.60 Å². The fraction of sp³-hybridized carbons (Fsp3) is 0.650. The molecule has 0 aliphatic carbocycles. The highest BCUT2D eigenvalue weighted by Gasteiger charge is 2.49. The number of amides is 1. The molecule has 3 heterocycles. The minimum atomic E-state index is -0.254. The van der Waals surface area contributed by atoms with Gasteiger partial charge in [0.15, 0.2) is 0 Å². The minimum absolute atomic E-state index is 0.161. The number of nitrogens with zero attached hydrogens (tertiary/aromatic N) is 3. The van der Waals surface area contributed by atoms with Gasteiger partial charge in [-0.2, -0.15) is 0 Å². The Hall–Kier alpha value is -1.75. The van der Waals surface area contributed by atoms with E-state index in [4.69, 9.17) is 4.74 Å². The van der Waals surface area contributed by atoms with Crippen molar-refractivity contribution >= 4 is 11.8 Å². The van der Waals surface area contributed by atoms with Gasteiger partial charge < -0.3 is 14.5 Å². The fourth-order valence-corrected chi connectivity index (χ4v) is 4.74. The smallest absolute Gasteiger partial charge is 0.410 e. The molecule has 4 rings (SSSR count). The minimum Gasteiger partial charge on any atom is -0.439 e. The third kappa shape index (κ3) is 2.99. The average Bonchev–Trinajstić information content (AvgIpc) is 3.13. The molecule has 3 aliphatic rings. The van der Waals surface area contributed by atoms with Crippen molar-refractivity contribution in [3.63, 3.8) is 0 Å². The van der Waals surface area contributed by atoms with Crippen LogP contribution < -0.4 is 4.90 Å². The summed E-state index contributed by atoms with van der Waals surface area (Å²) in [7, 11) is 1.84. The van der Waals surface area contributed by atoms with Crippen LogP contribution in [0.5, 0.6) is 0 Å². The van der Waals surface area contributed by atoms with Gasteiger partial charge in [0, 0.05) is 51.4 Å². The highest BCUT2D eigenvalue weighted by Crippen LogP contribution is 2.35. The second kappa shape index (κ2) is 6.20. The molecular weight excluding hydrogens is 314 g/mol. The summed E-state index contributed by atoms with van der Waals surface area (Å²) in [5.74, 6) is 0. The monoisotopic (exact) mass is 343 g/mol. The summed E-state index contributed by atoms with van der Waals surface area (Å²) in [6.07, 6.45) is 3.19. The highest BCUT2D eigenvalue weighted by atomic mass is 16.6. The standard InChI is InChI=1S/C20H29N3O2/c1-15-5-4-6-18(16(15)2)22-10-7-17(8-11-22)23-12-9-20(14-23)13-21(3)19(24)25-20/h4-6,17H,7-14H2,1-3H3/t20-/m0/s1. The maximum Gasteiger partial charge on any atom is 0.410 e. The average molecular weight is 343 g/mol. The number of piperidine rings is 1. The largest absolute Gasteiger partial charge is 0.439 e. The van der Waals surface area contributed by atoms with Crippen molar-refractivity contribution in [3.05, 3.63) is 29.3 Å². The molecule has 1 aromatic rings. The first-order chi connectivity index (χ1) is 12.0. The van der Waals surface area contributed by atoms with E-state index in [1.54, 1.807) is 4.90 Å². The zero-order chi connectivity index (χ0) is 17.6. The highest BCUT2D eigenvalue weighted by molar-refractivity contribution is 5.70. The molecule has 0 aromatic heterocycles. The first-order valence-electron chi connectivity index (χ1n) is 9.47. The molecule has 0 bridgehead atoms. The maximum atomic E-state index is 11.8. The molecule has 5 heteroatoms. The number of carbonyl (C=O) groups excluding carboxylic acids is 1. The van der Waals surface area contributed by atoms with Crippen molar-refractivity contribution in [1.29, 1.82) is 0 Å². The van der Waals surface area contributed by atoms with Crippen LogP contribution in [0.4, 0.5) is 10.5 Å². The van der Waals surface area contributed by atoms with Crippen LogP contribution in [0.15, 0.2) is 18.2 Å². The lowest BCUT2D eigenvalue weighted by Gasteiger charge is -2.39. The van der Waals surface area contributed by atoms with Crippen LogP contribution in [0.3, 0.4) is 0 Å². The number of likely N-dealkylation sites (tertiary alicyclic amines) is 1. The Morgan fingerprint density at radius 1 is 1.12 bits per heavy atom. The van der Waals surface area contributed by atoms with Crippen molar-refractivity contribution in [2.24, 2.45) is 0 Å². The normalized spacial score (nSPS) is 28.2. The lowest BCUT2D eigenvalue weighted by molar-refractivity contribution is 0.0566. The summed E-state index contributed by atoms with van der Waals surface area (Å²) in [6, 6.07) is 7.22. The third-order valence-corrected chi connectivity index (χ3v) is 6.38. The van der Waals surface area contributed by atoms with Gasteiger partial charge in [0.05, 0.1) is 6.54 Å². The van der Waals surface area contributed by atoms with Gasteiger partial charge in [-0.1, -0.05) is 12.1 Å². The number of carbonyl (C=O) groups is 1. The molecule has 1 spiro atoms. The van der Waals surface area contributed by atoms with E-state index in [0.29, 0.717) is 6.04 Å².